The number of nitrogens with zero attached hydrogens (tertiary/aromatic N) is 7. The van der Waals surface area contributed by atoms with Gasteiger partial charge in [-0.05, 0) is 17.0 Å². The number of aromatic nitrogens is 6. The van der Waals surface area contributed by atoms with Gasteiger partial charge in [0.1, 0.15) is 4.83 Å². The summed E-state index contributed by atoms with van der Waals surface area (Å²) in [6.07, 6.45) is 5.45. The fourth-order valence-electron chi connectivity index (χ4n) is 3.09. The van der Waals surface area contributed by atoms with Gasteiger partial charge in [0.05, 0.1) is 31.6 Å². The fraction of sp³-hybridized carbons (Fsp3) is 0.235. The van der Waals surface area contributed by atoms with Gasteiger partial charge in [-0.2, -0.15) is 0 Å². The van der Waals surface area contributed by atoms with E-state index in [1.54, 1.807) is 28.4 Å². The summed E-state index contributed by atoms with van der Waals surface area (Å²) in [5, 5.41) is 22.5. The van der Waals surface area contributed by atoms with Gasteiger partial charge in [0, 0.05) is 29.9 Å². The molecule has 0 aliphatic carbocycles. The molecule has 0 unspecified atom stereocenters. The van der Waals surface area contributed by atoms with Crippen LogP contribution in [0.15, 0.2) is 36.1 Å². The second kappa shape index (κ2) is 6.65. The molecule has 0 atom stereocenters. The normalized spacial score (nSPS) is 14.4. The van der Waals surface area contributed by atoms with Crippen LogP contribution in [0.5, 0.6) is 0 Å². The first-order valence-electron chi connectivity index (χ1n) is 8.51. The molecule has 1 aliphatic heterocycles. The minimum absolute atomic E-state index is 0.0850. The number of hydrazine groups is 1. The van der Waals surface area contributed by atoms with Crippen molar-refractivity contribution in [3.05, 3.63) is 47.4 Å². The van der Waals surface area contributed by atoms with Crippen molar-refractivity contribution < 1.29 is 5.11 Å². The molecule has 0 saturated carbocycles. The molecule has 4 aromatic heterocycles. The predicted molar refractivity (Wildman–Crippen MR) is 102 cm³/mol. The Bertz CT molecular complexity index is 1150. The van der Waals surface area contributed by atoms with Gasteiger partial charge in [-0.25, -0.2) is 25.1 Å². The average Bonchev–Trinajstić information content (AvgIpc) is 3.42. The number of β-amino-alcohol motifs (C(OH)–C–C–N with tert-alkyl or cyclic N) is 1. The Hall–Kier alpha value is -2.95. The van der Waals surface area contributed by atoms with E-state index >= 15 is 0 Å². The summed E-state index contributed by atoms with van der Waals surface area (Å²) in [7, 11) is 0. The lowest BCUT2D eigenvalue weighted by Crippen LogP contribution is -2.31. The highest BCUT2D eigenvalue weighted by Crippen LogP contribution is 2.25. The molecule has 9 nitrogen and oxygen atoms in total. The number of aliphatic hydroxyl groups excluding tert-OH is 1. The first kappa shape index (κ1) is 16.2. The van der Waals surface area contributed by atoms with Crippen LogP contribution in [0.25, 0.3) is 27.1 Å². The van der Waals surface area contributed by atoms with Crippen molar-refractivity contribution in [2.24, 2.45) is 0 Å². The topological polar surface area (TPSA) is 105 Å². The second-order valence-corrected chi connectivity index (χ2v) is 7.03. The number of nitrogens with one attached hydrogen (secondary N) is 1. The average molecular weight is 380 g/mol. The van der Waals surface area contributed by atoms with E-state index in [9.17, 15) is 0 Å². The SMILES string of the molecule is OCCN1C=C(c2cnc3nnn(Cc4csc5ncccc45)c3n2)CN1. The molecule has 0 amide bonds. The highest BCUT2D eigenvalue weighted by atomic mass is 32.1. The summed E-state index contributed by atoms with van der Waals surface area (Å²) in [5.41, 5.74) is 7.28. The summed E-state index contributed by atoms with van der Waals surface area (Å²) in [5.74, 6) is 0. The minimum atomic E-state index is 0.0850. The third-order valence-corrected chi connectivity index (χ3v) is 5.38. The lowest BCUT2D eigenvalue weighted by molar-refractivity contribution is 0.210. The molecular weight excluding hydrogens is 364 g/mol. The zero-order valence-electron chi connectivity index (χ0n) is 14.3. The van der Waals surface area contributed by atoms with Gasteiger partial charge in [-0.3, -0.25) is 0 Å². The number of thiophene rings is 1. The summed E-state index contributed by atoms with van der Waals surface area (Å²) >= 11 is 1.62. The molecule has 0 radical (unpaired) electrons. The molecule has 27 heavy (non-hydrogen) atoms. The number of hydrogen-bond donors (Lipinski definition) is 2. The molecule has 136 valence electrons. The largest absolute Gasteiger partial charge is 0.394 e. The predicted octanol–water partition coefficient (Wildman–Crippen LogP) is 1.03. The van der Waals surface area contributed by atoms with E-state index in [1.165, 1.54) is 0 Å². The Kier molecular flexibility index (Phi) is 4.00. The van der Waals surface area contributed by atoms with Gasteiger partial charge < -0.3 is 10.1 Å². The lowest BCUT2D eigenvalue weighted by atomic mass is 10.2. The number of aliphatic hydroxyl groups is 1. The number of rotatable bonds is 5. The Morgan fingerprint density at radius 1 is 1.30 bits per heavy atom. The van der Waals surface area contributed by atoms with Gasteiger partial charge in [0.25, 0.3) is 0 Å². The van der Waals surface area contributed by atoms with Crippen LogP contribution in [0.2, 0.25) is 0 Å². The van der Waals surface area contributed by atoms with Crippen molar-refractivity contribution >= 4 is 38.4 Å². The van der Waals surface area contributed by atoms with Gasteiger partial charge in [0.2, 0.25) is 5.65 Å². The quantitative estimate of drug-likeness (QED) is 0.529. The van der Waals surface area contributed by atoms with E-state index in [2.05, 4.69) is 37.2 Å². The van der Waals surface area contributed by atoms with E-state index in [0.717, 1.165) is 27.0 Å². The minimum Gasteiger partial charge on any atom is -0.394 e. The Morgan fingerprint density at radius 2 is 2.26 bits per heavy atom. The van der Waals surface area contributed by atoms with Gasteiger partial charge in [-0.1, -0.05) is 11.3 Å². The van der Waals surface area contributed by atoms with Crippen LogP contribution in [0.3, 0.4) is 0 Å². The zero-order valence-corrected chi connectivity index (χ0v) is 15.1. The third kappa shape index (κ3) is 2.93. The standard InChI is InChI=1S/C17H16N8OS/c26-5-4-24-8-11(6-20-24)14-7-19-15-16(21-14)25(23-22-15)9-12-10-27-17-13(12)2-1-3-18-17/h1-3,7-8,10,20,26H,4-6,9H2. The third-order valence-electron chi connectivity index (χ3n) is 4.43. The molecule has 0 spiro atoms. The van der Waals surface area contributed by atoms with Crippen molar-refractivity contribution in [3.8, 4) is 0 Å². The smallest absolute Gasteiger partial charge is 0.221 e. The summed E-state index contributed by atoms with van der Waals surface area (Å²) in [6.45, 7) is 1.82. The number of pyridine rings is 1. The van der Waals surface area contributed by atoms with Crippen molar-refractivity contribution in [2.45, 2.75) is 6.54 Å². The Morgan fingerprint density at radius 3 is 3.19 bits per heavy atom. The van der Waals surface area contributed by atoms with Crippen LogP contribution in [0.4, 0.5) is 0 Å². The molecule has 1 aliphatic rings. The van der Waals surface area contributed by atoms with Crippen LogP contribution < -0.4 is 5.43 Å². The molecule has 4 aromatic rings. The Labute approximate surface area is 158 Å². The molecule has 0 fully saturated rings. The van der Waals surface area contributed by atoms with Crippen LogP contribution in [-0.2, 0) is 6.54 Å². The van der Waals surface area contributed by atoms with Crippen LogP contribution in [-0.4, -0.2) is 59.8 Å². The van der Waals surface area contributed by atoms with E-state index in [1.807, 2.05) is 17.3 Å². The van der Waals surface area contributed by atoms with E-state index in [0.29, 0.717) is 30.9 Å². The van der Waals surface area contributed by atoms with Crippen molar-refractivity contribution in [3.63, 3.8) is 0 Å². The Balaban J connectivity index is 1.50. The maximum Gasteiger partial charge on any atom is 0.221 e. The molecule has 5 heterocycles. The molecular formula is C17H16N8OS. The van der Waals surface area contributed by atoms with Crippen molar-refractivity contribution in [2.75, 3.05) is 19.7 Å². The van der Waals surface area contributed by atoms with E-state index in [4.69, 9.17) is 10.1 Å². The van der Waals surface area contributed by atoms with E-state index < -0.39 is 0 Å². The van der Waals surface area contributed by atoms with Crippen LogP contribution in [0.1, 0.15) is 11.3 Å². The highest BCUT2D eigenvalue weighted by molar-refractivity contribution is 7.16. The lowest BCUT2D eigenvalue weighted by Gasteiger charge is -2.12. The fourth-order valence-corrected chi connectivity index (χ4v) is 4.00. The maximum absolute atomic E-state index is 9.07. The van der Waals surface area contributed by atoms with Crippen molar-refractivity contribution in [1.29, 1.82) is 0 Å². The van der Waals surface area contributed by atoms with Gasteiger partial charge >= 0.3 is 0 Å². The maximum atomic E-state index is 9.07. The molecule has 2 N–H and O–H groups in total. The monoisotopic (exact) mass is 380 g/mol. The van der Waals surface area contributed by atoms with Gasteiger partial charge in [0.15, 0.2) is 5.65 Å². The molecule has 5 rings (SSSR count). The number of hydrogen-bond acceptors (Lipinski definition) is 9. The van der Waals surface area contributed by atoms with E-state index in [-0.39, 0.29) is 6.61 Å². The van der Waals surface area contributed by atoms with Gasteiger partial charge in [-0.15, -0.1) is 16.4 Å². The number of fused-ring (bicyclic) bond motifs is 2. The molecule has 0 aromatic carbocycles. The molecule has 0 saturated heterocycles. The first-order valence-corrected chi connectivity index (χ1v) is 9.39. The first-order chi connectivity index (χ1) is 13.3. The zero-order chi connectivity index (χ0) is 18.2. The second-order valence-electron chi connectivity index (χ2n) is 6.17. The molecule has 10 heteroatoms. The van der Waals surface area contributed by atoms with Crippen molar-refractivity contribution in [1.82, 2.24) is 40.4 Å². The summed E-state index contributed by atoms with van der Waals surface area (Å²) in [4.78, 5) is 14.5. The summed E-state index contributed by atoms with van der Waals surface area (Å²) < 4.78 is 1.77. The van der Waals surface area contributed by atoms with Crippen LogP contribution >= 0.6 is 11.3 Å². The highest BCUT2D eigenvalue weighted by Gasteiger charge is 2.17. The van der Waals surface area contributed by atoms with Crippen LogP contribution in [0, 0.1) is 0 Å². The molecule has 0 bridgehead atoms. The summed E-state index contributed by atoms with van der Waals surface area (Å²) in [6, 6.07) is 4.00.